The molecule has 0 fully saturated rings. The van der Waals surface area contributed by atoms with Gasteiger partial charge in [0.2, 0.25) is 0 Å². The molecule has 2 amide bonds. The fourth-order valence-corrected chi connectivity index (χ4v) is 2.14. The molecule has 0 unspecified atom stereocenters. The number of allylic oxidation sites excluding steroid dienone is 2. The van der Waals surface area contributed by atoms with Crippen molar-refractivity contribution in [2.45, 2.75) is 32.8 Å². The topological polar surface area (TPSA) is 105 Å². The highest BCUT2D eigenvalue weighted by molar-refractivity contribution is 6.08. The first-order chi connectivity index (χ1) is 11.7. The zero-order valence-electron chi connectivity index (χ0n) is 14.3. The molecule has 132 valence electrons. The third-order valence-corrected chi connectivity index (χ3v) is 3.24. The third kappa shape index (κ3) is 5.20. The van der Waals surface area contributed by atoms with Gasteiger partial charge in [-0.25, -0.2) is 9.59 Å². The molecule has 1 aliphatic rings. The second-order valence-corrected chi connectivity index (χ2v) is 6.49. The van der Waals surface area contributed by atoms with Crippen molar-refractivity contribution in [2.75, 3.05) is 10.6 Å². The molecule has 3 N–H and O–H groups in total. The van der Waals surface area contributed by atoms with E-state index in [0.29, 0.717) is 16.9 Å². The third-order valence-electron chi connectivity index (χ3n) is 3.24. The summed E-state index contributed by atoms with van der Waals surface area (Å²) in [4.78, 5) is 35.1. The summed E-state index contributed by atoms with van der Waals surface area (Å²) in [7, 11) is 0. The summed E-state index contributed by atoms with van der Waals surface area (Å²) < 4.78 is 5.19. The van der Waals surface area contributed by atoms with Crippen molar-refractivity contribution in [1.29, 1.82) is 0 Å². The molecule has 0 bridgehead atoms. The lowest BCUT2D eigenvalue weighted by molar-refractivity contribution is -0.132. The van der Waals surface area contributed by atoms with Crippen LogP contribution in [0.5, 0.6) is 0 Å². The van der Waals surface area contributed by atoms with Crippen LogP contribution in [-0.4, -0.2) is 28.7 Å². The predicted octanol–water partition coefficient (Wildman–Crippen LogP) is 3.31. The molecule has 0 aliphatic heterocycles. The van der Waals surface area contributed by atoms with E-state index < -0.39 is 23.6 Å². The van der Waals surface area contributed by atoms with Crippen LogP contribution in [-0.2, 0) is 14.3 Å². The minimum absolute atomic E-state index is 0.0584. The van der Waals surface area contributed by atoms with Gasteiger partial charge in [0.1, 0.15) is 5.60 Å². The second kappa shape index (κ2) is 7.21. The number of hydrogen-bond acceptors (Lipinski definition) is 4. The summed E-state index contributed by atoms with van der Waals surface area (Å²) in [6, 6.07) is 6.68. The van der Waals surface area contributed by atoms with Gasteiger partial charge in [-0.3, -0.25) is 10.1 Å². The lowest BCUT2D eigenvalue weighted by Crippen LogP contribution is -2.27. The highest BCUT2D eigenvalue weighted by Gasteiger charge is 2.21. The Labute approximate surface area is 145 Å². The van der Waals surface area contributed by atoms with Crippen molar-refractivity contribution in [2.24, 2.45) is 0 Å². The minimum Gasteiger partial charge on any atom is -0.478 e. The van der Waals surface area contributed by atoms with Gasteiger partial charge in [-0.2, -0.15) is 0 Å². The fourth-order valence-electron chi connectivity index (χ4n) is 2.14. The molecule has 7 heteroatoms. The van der Waals surface area contributed by atoms with Crippen molar-refractivity contribution in [3.05, 3.63) is 47.6 Å². The molecule has 25 heavy (non-hydrogen) atoms. The Morgan fingerprint density at radius 1 is 1.00 bits per heavy atom. The summed E-state index contributed by atoms with van der Waals surface area (Å²) >= 11 is 0. The number of ether oxygens (including phenoxy) is 1. The molecule has 0 saturated carbocycles. The van der Waals surface area contributed by atoms with Crippen molar-refractivity contribution in [3.63, 3.8) is 0 Å². The van der Waals surface area contributed by atoms with Crippen molar-refractivity contribution in [3.8, 4) is 0 Å². The zero-order chi connectivity index (χ0) is 18.6. The first-order valence-electron chi connectivity index (χ1n) is 7.69. The number of nitrogens with one attached hydrogen (secondary N) is 2. The number of carbonyl (C=O) groups is 3. The maximum absolute atomic E-state index is 12.3. The van der Waals surface area contributed by atoms with Crippen LogP contribution in [0.2, 0.25) is 0 Å². The van der Waals surface area contributed by atoms with E-state index in [0.717, 1.165) is 0 Å². The van der Waals surface area contributed by atoms with Crippen LogP contribution in [0.25, 0.3) is 0 Å². The van der Waals surface area contributed by atoms with E-state index in [1.165, 1.54) is 12.2 Å². The Morgan fingerprint density at radius 3 is 2.08 bits per heavy atom. The smallest absolute Gasteiger partial charge is 0.412 e. The number of carboxylic acids is 1. The van der Waals surface area contributed by atoms with E-state index in [9.17, 15) is 14.4 Å². The molecule has 0 saturated heterocycles. The van der Waals surface area contributed by atoms with Crippen LogP contribution < -0.4 is 10.6 Å². The van der Waals surface area contributed by atoms with Gasteiger partial charge in [0, 0.05) is 17.6 Å². The molecular weight excluding hydrogens is 324 g/mol. The minimum atomic E-state index is -1.05. The molecule has 1 aromatic carbocycles. The average molecular weight is 344 g/mol. The molecule has 0 atom stereocenters. The van der Waals surface area contributed by atoms with Gasteiger partial charge in [0.05, 0.1) is 11.4 Å². The quantitative estimate of drug-likeness (QED) is 0.777. The van der Waals surface area contributed by atoms with Gasteiger partial charge in [-0.05, 0) is 32.9 Å². The van der Waals surface area contributed by atoms with E-state index in [1.807, 2.05) is 0 Å². The van der Waals surface area contributed by atoms with E-state index >= 15 is 0 Å². The summed E-state index contributed by atoms with van der Waals surface area (Å²) in [6.07, 6.45) is 2.30. The number of anilines is 2. The largest absolute Gasteiger partial charge is 0.478 e. The van der Waals surface area contributed by atoms with Crippen molar-refractivity contribution in [1.82, 2.24) is 0 Å². The van der Waals surface area contributed by atoms with Crippen LogP contribution in [0, 0.1) is 0 Å². The first kappa shape index (κ1) is 18.3. The van der Waals surface area contributed by atoms with E-state index in [2.05, 4.69) is 10.6 Å². The molecule has 2 rings (SSSR count). The van der Waals surface area contributed by atoms with Crippen molar-refractivity contribution < 1.29 is 24.2 Å². The standard InChI is InChI=1S/C18H20N2O5/c1-18(2,3)25-17(24)20-14-7-5-4-6-13(14)19-15(21)11-8-9-12(10-11)16(22)23/h4-9H,10H2,1-3H3,(H,19,21)(H,20,24)(H,22,23). The van der Waals surface area contributed by atoms with Crippen LogP contribution in [0.3, 0.4) is 0 Å². The summed E-state index contributed by atoms with van der Waals surface area (Å²) in [5.74, 6) is -1.48. The Balaban J connectivity index is 2.05. The summed E-state index contributed by atoms with van der Waals surface area (Å²) in [5.41, 5.74) is 0.628. The molecular formula is C18H20N2O5. The lowest BCUT2D eigenvalue weighted by atomic mass is 10.1. The van der Waals surface area contributed by atoms with E-state index in [4.69, 9.17) is 9.84 Å². The molecule has 1 aliphatic carbocycles. The van der Waals surface area contributed by atoms with Gasteiger partial charge >= 0.3 is 12.1 Å². The Bertz CT molecular complexity index is 772. The van der Waals surface area contributed by atoms with Crippen LogP contribution in [0.4, 0.5) is 16.2 Å². The number of hydrogen-bond donors (Lipinski definition) is 3. The maximum atomic E-state index is 12.3. The predicted molar refractivity (Wildman–Crippen MR) is 93.3 cm³/mol. The number of aliphatic carboxylic acids is 1. The Morgan fingerprint density at radius 2 is 1.56 bits per heavy atom. The number of carbonyl (C=O) groups excluding carboxylic acids is 2. The monoisotopic (exact) mass is 344 g/mol. The normalized spacial score (nSPS) is 13.6. The summed E-state index contributed by atoms with van der Waals surface area (Å²) in [6.45, 7) is 5.25. The lowest BCUT2D eigenvalue weighted by Gasteiger charge is -2.20. The Kier molecular flexibility index (Phi) is 5.26. The number of rotatable bonds is 4. The summed E-state index contributed by atoms with van der Waals surface area (Å²) in [5, 5.41) is 14.2. The molecule has 7 nitrogen and oxygen atoms in total. The van der Waals surface area contributed by atoms with Crippen LogP contribution in [0.15, 0.2) is 47.6 Å². The van der Waals surface area contributed by atoms with Gasteiger partial charge in [-0.1, -0.05) is 24.3 Å². The molecule has 0 aromatic heterocycles. The Hall–Kier alpha value is -3.09. The van der Waals surface area contributed by atoms with Gasteiger partial charge < -0.3 is 15.2 Å². The van der Waals surface area contributed by atoms with E-state index in [1.54, 1.807) is 45.0 Å². The van der Waals surface area contributed by atoms with Crippen LogP contribution in [0.1, 0.15) is 27.2 Å². The first-order valence-corrected chi connectivity index (χ1v) is 7.69. The maximum Gasteiger partial charge on any atom is 0.412 e. The molecule has 0 radical (unpaired) electrons. The highest BCUT2D eigenvalue weighted by Crippen LogP contribution is 2.25. The molecule has 0 heterocycles. The average Bonchev–Trinajstić information content (AvgIpc) is 2.97. The number of benzene rings is 1. The van der Waals surface area contributed by atoms with Gasteiger partial charge in [0.25, 0.3) is 5.91 Å². The number of carboxylic acid groups (broad SMARTS) is 1. The van der Waals surface area contributed by atoms with E-state index in [-0.39, 0.29) is 12.0 Å². The second-order valence-electron chi connectivity index (χ2n) is 6.49. The molecule has 0 spiro atoms. The van der Waals surface area contributed by atoms with Gasteiger partial charge in [-0.15, -0.1) is 0 Å². The number of amides is 2. The molecule has 1 aromatic rings. The zero-order valence-corrected chi connectivity index (χ0v) is 14.3. The fraction of sp³-hybridized carbons (Fsp3) is 0.278. The van der Waals surface area contributed by atoms with Gasteiger partial charge in [0.15, 0.2) is 0 Å². The SMILES string of the molecule is CC(C)(C)OC(=O)Nc1ccccc1NC(=O)C1=CC=C(C(=O)O)C1. The number of para-hydroxylation sites is 2. The highest BCUT2D eigenvalue weighted by atomic mass is 16.6. The van der Waals surface area contributed by atoms with Crippen LogP contribution >= 0.6 is 0 Å². The van der Waals surface area contributed by atoms with Crippen molar-refractivity contribution >= 4 is 29.3 Å².